The number of hydrogen-bond donors (Lipinski definition) is 2. The zero-order valence-electron chi connectivity index (χ0n) is 20.6. The Morgan fingerprint density at radius 1 is 1.38 bits per heavy atom. The molecule has 0 radical (unpaired) electrons. The second kappa shape index (κ2) is 8.83. The zero-order chi connectivity index (χ0) is 24.8. The fourth-order valence-corrected chi connectivity index (χ4v) is 5.34. The van der Waals surface area contributed by atoms with Gasteiger partial charge in [0, 0.05) is 32.1 Å². The van der Waals surface area contributed by atoms with Crippen LogP contribution < -0.4 is 15.8 Å². The van der Waals surface area contributed by atoms with Crippen LogP contribution in [0.25, 0.3) is 0 Å². The Kier molecular flexibility index (Phi) is 6.35. The van der Waals surface area contributed by atoms with Crippen molar-refractivity contribution in [3.63, 3.8) is 0 Å². The van der Waals surface area contributed by atoms with Crippen LogP contribution in [0.15, 0.2) is 23.2 Å². The van der Waals surface area contributed by atoms with Crippen LogP contribution in [-0.4, -0.2) is 53.6 Å². The quantitative estimate of drug-likeness (QED) is 0.632. The lowest BCUT2D eigenvalue weighted by molar-refractivity contribution is -0.132. The Balaban J connectivity index is 1.51. The van der Waals surface area contributed by atoms with Crippen molar-refractivity contribution in [2.75, 3.05) is 13.7 Å². The SMILES string of the molecule is COCC[C@H]([C@H]1C[C@@H]1C(=O)N[C@H]1CC(C)(C)Oc2cccc(F)c21)N1C(=O)CC(C)(C)N=C1N. The maximum absolute atomic E-state index is 14.7. The average Bonchev–Trinajstić information content (AvgIpc) is 3.48. The monoisotopic (exact) mass is 474 g/mol. The zero-order valence-corrected chi connectivity index (χ0v) is 20.6. The molecule has 1 aliphatic carbocycles. The molecule has 4 rings (SSSR count). The Morgan fingerprint density at radius 2 is 2.12 bits per heavy atom. The summed E-state index contributed by atoms with van der Waals surface area (Å²) in [6.07, 6.45) is 1.89. The van der Waals surface area contributed by atoms with Crippen molar-refractivity contribution in [1.29, 1.82) is 0 Å². The minimum absolute atomic E-state index is 0.0676. The number of carbonyl (C=O) groups excluding carboxylic acids is 2. The first kappa shape index (κ1) is 24.4. The Labute approximate surface area is 200 Å². The van der Waals surface area contributed by atoms with E-state index in [2.05, 4.69) is 10.3 Å². The second-order valence-corrected chi connectivity index (χ2v) is 10.9. The Hall–Kier alpha value is -2.68. The first-order valence-electron chi connectivity index (χ1n) is 11.9. The van der Waals surface area contributed by atoms with E-state index >= 15 is 0 Å². The van der Waals surface area contributed by atoms with Gasteiger partial charge in [-0.1, -0.05) is 6.07 Å². The van der Waals surface area contributed by atoms with Gasteiger partial charge in [0.25, 0.3) is 0 Å². The third-order valence-corrected chi connectivity index (χ3v) is 6.90. The molecule has 1 fully saturated rings. The molecule has 0 spiro atoms. The average molecular weight is 475 g/mol. The third kappa shape index (κ3) is 4.89. The molecule has 1 aromatic rings. The number of nitrogens with one attached hydrogen (secondary N) is 1. The summed E-state index contributed by atoms with van der Waals surface area (Å²) in [5, 5.41) is 3.06. The molecule has 0 saturated heterocycles. The van der Waals surface area contributed by atoms with E-state index in [1.165, 1.54) is 6.07 Å². The maximum atomic E-state index is 14.7. The number of halogens is 1. The largest absolute Gasteiger partial charge is 0.487 e. The molecule has 0 aromatic heterocycles. The summed E-state index contributed by atoms with van der Waals surface area (Å²) in [4.78, 5) is 32.3. The van der Waals surface area contributed by atoms with Gasteiger partial charge >= 0.3 is 0 Å². The molecule has 3 aliphatic rings. The number of benzene rings is 1. The van der Waals surface area contributed by atoms with E-state index in [0.717, 1.165) is 0 Å². The van der Waals surface area contributed by atoms with Crippen LogP contribution in [0.2, 0.25) is 0 Å². The summed E-state index contributed by atoms with van der Waals surface area (Å²) in [6.45, 7) is 8.03. The van der Waals surface area contributed by atoms with Crippen LogP contribution >= 0.6 is 0 Å². The van der Waals surface area contributed by atoms with Gasteiger partial charge in [0.05, 0.1) is 23.6 Å². The molecule has 1 aromatic carbocycles. The van der Waals surface area contributed by atoms with E-state index in [0.29, 0.717) is 37.2 Å². The molecule has 2 heterocycles. The van der Waals surface area contributed by atoms with Gasteiger partial charge < -0.3 is 20.5 Å². The van der Waals surface area contributed by atoms with Gasteiger partial charge in [-0.3, -0.25) is 14.5 Å². The Bertz CT molecular complexity index is 1010. The maximum Gasteiger partial charge on any atom is 0.231 e. The van der Waals surface area contributed by atoms with E-state index in [1.54, 1.807) is 24.1 Å². The lowest BCUT2D eigenvalue weighted by atomic mass is 9.89. The smallest absolute Gasteiger partial charge is 0.231 e. The fraction of sp³-hybridized carbons (Fsp3) is 0.640. The first-order valence-corrected chi connectivity index (χ1v) is 11.9. The number of nitrogens with zero attached hydrogens (tertiary/aromatic N) is 2. The van der Waals surface area contributed by atoms with Crippen LogP contribution in [-0.2, 0) is 14.3 Å². The molecule has 2 amide bonds. The van der Waals surface area contributed by atoms with Crippen molar-refractivity contribution in [2.45, 2.75) is 76.6 Å². The van der Waals surface area contributed by atoms with Crippen LogP contribution in [0.4, 0.5) is 4.39 Å². The van der Waals surface area contributed by atoms with Gasteiger partial charge in [0.15, 0.2) is 5.96 Å². The fourth-order valence-electron chi connectivity index (χ4n) is 5.34. The molecule has 34 heavy (non-hydrogen) atoms. The summed E-state index contributed by atoms with van der Waals surface area (Å²) in [5.74, 6) is -0.348. The number of amides is 2. The van der Waals surface area contributed by atoms with Gasteiger partial charge in [-0.15, -0.1) is 0 Å². The molecule has 2 aliphatic heterocycles. The van der Waals surface area contributed by atoms with Gasteiger partial charge in [0.1, 0.15) is 17.2 Å². The molecule has 9 heteroatoms. The molecule has 3 N–H and O–H groups in total. The minimum Gasteiger partial charge on any atom is -0.487 e. The van der Waals surface area contributed by atoms with Gasteiger partial charge in [-0.05, 0) is 58.6 Å². The highest BCUT2D eigenvalue weighted by Gasteiger charge is 2.52. The molecule has 186 valence electrons. The van der Waals surface area contributed by atoms with Crippen molar-refractivity contribution >= 4 is 17.8 Å². The summed E-state index contributed by atoms with van der Waals surface area (Å²) in [6, 6.07) is 3.94. The van der Waals surface area contributed by atoms with Gasteiger partial charge in [-0.2, -0.15) is 0 Å². The molecule has 4 atom stereocenters. The number of nitrogens with two attached hydrogens (primary N) is 1. The van der Waals surface area contributed by atoms with Crippen molar-refractivity contribution in [1.82, 2.24) is 10.2 Å². The number of ether oxygens (including phenoxy) is 2. The number of rotatable bonds is 7. The second-order valence-electron chi connectivity index (χ2n) is 10.9. The number of carbonyl (C=O) groups is 2. The van der Waals surface area contributed by atoms with E-state index in [-0.39, 0.29) is 42.1 Å². The minimum atomic E-state index is -0.545. The van der Waals surface area contributed by atoms with Crippen LogP contribution in [0.1, 0.15) is 65.0 Å². The molecule has 0 bridgehead atoms. The van der Waals surface area contributed by atoms with Crippen LogP contribution in [0.3, 0.4) is 0 Å². The molecule has 0 unspecified atom stereocenters. The summed E-state index contributed by atoms with van der Waals surface area (Å²) in [5.41, 5.74) is 5.51. The van der Waals surface area contributed by atoms with Gasteiger partial charge in [-0.25, -0.2) is 9.38 Å². The number of hydrogen-bond acceptors (Lipinski definition) is 6. The molecular formula is C25H35FN4O4. The van der Waals surface area contributed by atoms with Crippen LogP contribution in [0, 0.1) is 17.7 Å². The third-order valence-electron chi connectivity index (χ3n) is 6.90. The highest BCUT2D eigenvalue weighted by Crippen LogP contribution is 2.47. The lowest BCUT2D eigenvalue weighted by Crippen LogP contribution is -2.55. The van der Waals surface area contributed by atoms with Crippen molar-refractivity contribution < 1.29 is 23.5 Å². The topological polar surface area (TPSA) is 106 Å². The summed E-state index contributed by atoms with van der Waals surface area (Å²) >= 11 is 0. The summed E-state index contributed by atoms with van der Waals surface area (Å²) in [7, 11) is 1.60. The predicted octanol–water partition coefficient (Wildman–Crippen LogP) is 2.91. The molecule has 1 saturated carbocycles. The lowest BCUT2D eigenvalue weighted by Gasteiger charge is -2.38. The standard InChI is InChI=1S/C25H35FN4O4/c1-24(2)13-20(31)30(23(27)29-24)18(9-10-33-5)14-11-15(14)22(32)28-17-12-25(3,4)34-19-8-6-7-16(26)21(17)19/h6-8,14-15,17-18H,9-13H2,1-5H3,(H2,27,29)(H,28,32)/t14-,15-,17-,18+/m0/s1. The van der Waals surface area contributed by atoms with E-state index < -0.39 is 23.0 Å². The summed E-state index contributed by atoms with van der Waals surface area (Å²) < 4.78 is 25.9. The predicted molar refractivity (Wildman–Crippen MR) is 126 cm³/mol. The highest BCUT2D eigenvalue weighted by atomic mass is 19.1. The normalized spacial score (nSPS) is 27.8. The number of fused-ring (bicyclic) bond motifs is 1. The molecule has 8 nitrogen and oxygen atoms in total. The number of methoxy groups -OCH3 is 1. The molecular weight excluding hydrogens is 439 g/mol. The van der Waals surface area contributed by atoms with Crippen molar-refractivity contribution in [2.24, 2.45) is 22.6 Å². The van der Waals surface area contributed by atoms with E-state index in [9.17, 15) is 14.0 Å². The number of guanidine groups is 1. The highest BCUT2D eigenvalue weighted by molar-refractivity contribution is 5.99. The number of aliphatic imine (C=N–C) groups is 1. The van der Waals surface area contributed by atoms with Crippen molar-refractivity contribution in [3.05, 3.63) is 29.6 Å². The van der Waals surface area contributed by atoms with E-state index in [4.69, 9.17) is 15.2 Å². The Morgan fingerprint density at radius 3 is 2.79 bits per heavy atom. The van der Waals surface area contributed by atoms with Crippen molar-refractivity contribution in [3.8, 4) is 5.75 Å². The van der Waals surface area contributed by atoms with Gasteiger partial charge in [0.2, 0.25) is 11.8 Å². The van der Waals surface area contributed by atoms with E-state index in [1.807, 2.05) is 27.7 Å². The first-order chi connectivity index (χ1) is 15.9. The van der Waals surface area contributed by atoms with Crippen LogP contribution in [0.5, 0.6) is 5.75 Å².